The summed E-state index contributed by atoms with van der Waals surface area (Å²) >= 11 is 0. The average molecular weight is 395 g/mol. The molecule has 2 aliphatic heterocycles. The maximum atomic E-state index is 13.9. The quantitative estimate of drug-likeness (QED) is 0.749. The number of carbonyl (C=O) groups excluding carboxylic acids is 1. The summed E-state index contributed by atoms with van der Waals surface area (Å²) in [5.41, 5.74) is 1.89. The molecule has 2 fully saturated rings. The van der Waals surface area contributed by atoms with Gasteiger partial charge in [0.05, 0.1) is 12.5 Å². The van der Waals surface area contributed by atoms with E-state index in [1.165, 1.54) is 5.56 Å². The molecule has 0 aliphatic carbocycles. The van der Waals surface area contributed by atoms with E-state index in [-0.39, 0.29) is 5.91 Å². The second-order valence-corrected chi connectivity index (χ2v) is 8.11. The molecule has 2 aliphatic rings. The van der Waals surface area contributed by atoms with Crippen molar-refractivity contribution in [2.24, 2.45) is 0 Å². The molecule has 1 atom stereocenters. The van der Waals surface area contributed by atoms with Gasteiger partial charge in [0.2, 0.25) is 5.91 Å². The Morgan fingerprint density at radius 2 is 1.90 bits per heavy atom. The van der Waals surface area contributed by atoms with Gasteiger partial charge in [-0.15, -0.1) is 0 Å². The third kappa shape index (κ3) is 4.15. The number of hydrogen-bond donors (Lipinski definition) is 0. The van der Waals surface area contributed by atoms with Gasteiger partial charge in [0.25, 0.3) is 0 Å². The highest BCUT2D eigenvalue weighted by molar-refractivity contribution is 5.89. The van der Waals surface area contributed by atoms with Gasteiger partial charge in [-0.05, 0) is 73.9 Å². The molecule has 154 valence electrons. The van der Waals surface area contributed by atoms with Crippen LogP contribution in [0.2, 0.25) is 0 Å². The number of benzene rings is 1. The summed E-state index contributed by atoms with van der Waals surface area (Å²) in [6.07, 6.45) is 9.33. The number of methoxy groups -OCH3 is 1. The van der Waals surface area contributed by atoms with Crippen LogP contribution >= 0.6 is 0 Å². The van der Waals surface area contributed by atoms with Crippen LogP contribution in [-0.2, 0) is 21.4 Å². The minimum Gasteiger partial charge on any atom is -0.497 e. The van der Waals surface area contributed by atoms with Gasteiger partial charge in [-0.1, -0.05) is 12.1 Å². The lowest BCUT2D eigenvalue weighted by Gasteiger charge is -2.41. The topological polar surface area (TPSA) is 51.7 Å². The SMILES string of the molecule is COc1ccc(C2(C(=O)N3CCCC3CCc3ccncc3)CCOCC2)cc1. The molecule has 0 saturated carbocycles. The van der Waals surface area contributed by atoms with Crippen molar-refractivity contribution < 1.29 is 14.3 Å². The monoisotopic (exact) mass is 394 g/mol. The minimum atomic E-state index is -0.482. The number of nitrogens with zero attached hydrogens (tertiary/aromatic N) is 2. The Morgan fingerprint density at radius 3 is 2.59 bits per heavy atom. The van der Waals surface area contributed by atoms with Crippen LogP contribution in [0.1, 0.15) is 43.2 Å². The molecule has 1 aromatic carbocycles. The number of carbonyl (C=O) groups is 1. The van der Waals surface area contributed by atoms with Gasteiger partial charge in [0.15, 0.2) is 0 Å². The van der Waals surface area contributed by atoms with Crippen LogP contribution in [0.3, 0.4) is 0 Å². The van der Waals surface area contributed by atoms with Crippen LogP contribution in [-0.4, -0.2) is 48.7 Å². The summed E-state index contributed by atoms with van der Waals surface area (Å²) in [4.78, 5) is 20.2. The first-order valence-corrected chi connectivity index (χ1v) is 10.7. The highest BCUT2D eigenvalue weighted by Gasteiger charge is 2.46. The molecular weight excluding hydrogens is 364 g/mol. The Bertz CT molecular complexity index is 801. The van der Waals surface area contributed by atoms with E-state index in [0.717, 1.165) is 56.4 Å². The van der Waals surface area contributed by atoms with Crippen molar-refractivity contribution in [3.8, 4) is 5.75 Å². The highest BCUT2D eigenvalue weighted by atomic mass is 16.5. The van der Waals surface area contributed by atoms with Crippen molar-refractivity contribution in [3.05, 3.63) is 59.9 Å². The second-order valence-electron chi connectivity index (χ2n) is 8.11. The van der Waals surface area contributed by atoms with Crippen molar-refractivity contribution in [2.75, 3.05) is 26.9 Å². The van der Waals surface area contributed by atoms with Crippen molar-refractivity contribution in [3.63, 3.8) is 0 Å². The van der Waals surface area contributed by atoms with Crippen molar-refractivity contribution in [1.29, 1.82) is 0 Å². The van der Waals surface area contributed by atoms with E-state index in [4.69, 9.17) is 9.47 Å². The first-order chi connectivity index (χ1) is 14.2. The Labute approximate surface area is 173 Å². The summed E-state index contributed by atoms with van der Waals surface area (Å²) in [6.45, 7) is 2.12. The molecule has 0 bridgehead atoms. The van der Waals surface area contributed by atoms with Gasteiger partial charge in [0.1, 0.15) is 5.75 Å². The smallest absolute Gasteiger partial charge is 0.233 e. The molecule has 1 unspecified atom stereocenters. The average Bonchev–Trinajstić information content (AvgIpc) is 3.27. The summed E-state index contributed by atoms with van der Waals surface area (Å²) in [5, 5.41) is 0. The van der Waals surface area contributed by atoms with E-state index in [1.54, 1.807) is 7.11 Å². The molecule has 0 radical (unpaired) electrons. The standard InChI is InChI=1S/C24H30N2O3/c1-28-22-8-5-20(6-9-22)24(12-17-29-18-13-24)23(27)26-16-2-3-21(26)7-4-19-10-14-25-15-11-19/h5-6,8-11,14-15,21H,2-4,7,12-13,16-18H2,1H3. The molecule has 2 aromatic rings. The van der Waals surface area contributed by atoms with E-state index in [9.17, 15) is 4.79 Å². The number of likely N-dealkylation sites (tertiary alicyclic amines) is 1. The largest absolute Gasteiger partial charge is 0.497 e. The van der Waals surface area contributed by atoms with Crippen LogP contribution in [0.4, 0.5) is 0 Å². The molecule has 5 nitrogen and oxygen atoms in total. The maximum Gasteiger partial charge on any atom is 0.233 e. The summed E-state index contributed by atoms with van der Waals surface area (Å²) in [6, 6.07) is 12.5. The van der Waals surface area contributed by atoms with Crippen molar-refractivity contribution in [2.45, 2.75) is 50.0 Å². The van der Waals surface area contributed by atoms with Gasteiger partial charge in [0, 0.05) is 38.2 Å². The first-order valence-electron chi connectivity index (χ1n) is 10.7. The number of amides is 1. The molecular formula is C24H30N2O3. The fraction of sp³-hybridized carbons (Fsp3) is 0.500. The minimum absolute atomic E-state index is 0.281. The van der Waals surface area contributed by atoms with Crippen molar-refractivity contribution in [1.82, 2.24) is 9.88 Å². The zero-order chi connectivity index (χ0) is 20.1. The third-order valence-electron chi connectivity index (χ3n) is 6.55. The number of hydrogen-bond acceptors (Lipinski definition) is 4. The number of aromatic nitrogens is 1. The number of ether oxygens (including phenoxy) is 2. The molecule has 0 spiro atoms. The fourth-order valence-corrected chi connectivity index (χ4v) is 4.82. The summed E-state index contributed by atoms with van der Waals surface area (Å²) in [7, 11) is 1.67. The van der Waals surface area contributed by atoms with E-state index in [2.05, 4.69) is 34.1 Å². The van der Waals surface area contributed by atoms with Gasteiger partial charge < -0.3 is 14.4 Å². The van der Waals surface area contributed by atoms with Crippen LogP contribution in [0, 0.1) is 0 Å². The van der Waals surface area contributed by atoms with Gasteiger partial charge in [-0.2, -0.15) is 0 Å². The molecule has 4 rings (SSSR count). The van der Waals surface area contributed by atoms with Crippen LogP contribution in [0.15, 0.2) is 48.8 Å². The molecule has 0 N–H and O–H groups in total. The second kappa shape index (κ2) is 8.95. The molecule has 1 amide bonds. The van der Waals surface area contributed by atoms with E-state index in [1.807, 2.05) is 24.5 Å². The van der Waals surface area contributed by atoms with Gasteiger partial charge >= 0.3 is 0 Å². The molecule has 1 aromatic heterocycles. The number of rotatable bonds is 6. The van der Waals surface area contributed by atoms with Crippen LogP contribution < -0.4 is 4.74 Å². The lowest BCUT2D eigenvalue weighted by Crippen LogP contribution is -2.51. The van der Waals surface area contributed by atoms with E-state index >= 15 is 0 Å². The first kappa shape index (κ1) is 19.9. The lowest BCUT2D eigenvalue weighted by atomic mass is 9.72. The lowest BCUT2D eigenvalue weighted by molar-refractivity contribution is -0.142. The Kier molecular flexibility index (Phi) is 6.14. The van der Waals surface area contributed by atoms with Crippen LogP contribution in [0.5, 0.6) is 5.75 Å². The zero-order valence-electron chi connectivity index (χ0n) is 17.2. The molecule has 2 saturated heterocycles. The van der Waals surface area contributed by atoms with Gasteiger partial charge in [-0.3, -0.25) is 9.78 Å². The van der Waals surface area contributed by atoms with Gasteiger partial charge in [-0.25, -0.2) is 0 Å². The molecule has 29 heavy (non-hydrogen) atoms. The van der Waals surface area contributed by atoms with E-state index in [0.29, 0.717) is 19.3 Å². The van der Waals surface area contributed by atoms with E-state index < -0.39 is 5.41 Å². The normalized spacial score (nSPS) is 21.1. The fourth-order valence-electron chi connectivity index (χ4n) is 4.82. The Morgan fingerprint density at radius 1 is 1.17 bits per heavy atom. The Hall–Kier alpha value is -2.40. The predicted octanol–water partition coefficient (Wildman–Crippen LogP) is 3.76. The Balaban J connectivity index is 1.54. The number of aryl methyl sites for hydroxylation is 1. The maximum absolute atomic E-state index is 13.9. The molecule has 5 heteroatoms. The summed E-state index contributed by atoms with van der Waals surface area (Å²) < 4.78 is 11.0. The highest BCUT2D eigenvalue weighted by Crippen LogP contribution is 2.39. The summed E-state index contributed by atoms with van der Waals surface area (Å²) in [5.74, 6) is 1.10. The predicted molar refractivity (Wildman–Crippen MR) is 112 cm³/mol. The third-order valence-corrected chi connectivity index (χ3v) is 6.55. The zero-order valence-corrected chi connectivity index (χ0v) is 17.2. The number of pyridine rings is 1. The molecule has 3 heterocycles. The van der Waals surface area contributed by atoms with Crippen molar-refractivity contribution >= 4 is 5.91 Å². The van der Waals surface area contributed by atoms with Crippen LogP contribution in [0.25, 0.3) is 0 Å².